The van der Waals surface area contributed by atoms with Crippen molar-refractivity contribution in [2.45, 2.75) is 39.0 Å². The Morgan fingerprint density at radius 2 is 1.63 bits per heavy atom. The second kappa shape index (κ2) is 8.17. The van der Waals surface area contributed by atoms with Crippen molar-refractivity contribution >= 4 is 11.6 Å². The zero-order valence-corrected chi connectivity index (χ0v) is 16.2. The molecule has 138 valence electrons. The highest BCUT2D eigenvalue weighted by molar-refractivity contribution is 5.91. The Bertz CT molecular complexity index is 894. The number of amides is 1. The Morgan fingerprint density at radius 3 is 2.30 bits per heavy atom. The third-order valence-corrected chi connectivity index (χ3v) is 4.62. The molecule has 27 heavy (non-hydrogen) atoms. The van der Waals surface area contributed by atoms with Gasteiger partial charge in [-0.25, -0.2) is 0 Å². The van der Waals surface area contributed by atoms with E-state index in [0.717, 1.165) is 23.2 Å². The minimum absolute atomic E-state index is 0.0294. The van der Waals surface area contributed by atoms with Gasteiger partial charge in [-0.05, 0) is 58.4 Å². The van der Waals surface area contributed by atoms with E-state index in [9.17, 15) is 4.79 Å². The summed E-state index contributed by atoms with van der Waals surface area (Å²) < 4.78 is 0. The van der Waals surface area contributed by atoms with Crippen LogP contribution in [0.15, 0.2) is 73.1 Å². The number of benzene rings is 2. The van der Waals surface area contributed by atoms with Crippen LogP contribution in [0.25, 0.3) is 11.1 Å². The van der Waals surface area contributed by atoms with Crippen LogP contribution in [0.5, 0.6) is 0 Å². The molecule has 0 saturated carbocycles. The molecule has 1 heterocycles. The topological polar surface area (TPSA) is 42.0 Å². The molecule has 3 aromatic rings. The predicted molar refractivity (Wildman–Crippen MR) is 112 cm³/mol. The predicted octanol–water partition coefficient (Wildman–Crippen LogP) is 5.62. The van der Waals surface area contributed by atoms with E-state index in [-0.39, 0.29) is 11.3 Å². The first kappa shape index (κ1) is 18.8. The van der Waals surface area contributed by atoms with Gasteiger partial charge in [-0.1, -0.05) is 57.2 Å². The first-order valence-electron chi connectivity index (χ1n) is 9.31. The van der Waals surface area contributed by atoms with Gasteiger partial charge < -0.3 is 5.32 Å². The zero-order valence-electron chi connectivity index (χ0n) is 16.2. The Kier molecular flexibility index (Phi) is 5.70. The lowest BCUT2D eigenvalue weighted by Gasteiger charge is -2.19. The molecule has 0 aliphatic rings. The summed E-state index contributed by atoms with van der Waals surface area (Å²) in [6.07, 6.45) is 4.74. The molecule has 0 saturated heterocycles. The Balaban J connectivity index is 1.58. The highest BCUT2D eigenvalue weighted by Crippen LogP contribution is 2.23. The van der Waals surface area contributed by atoms with Gasteiger partial charge in [0.05, 0.1) is 0 Å². The van der Waals surface area contributed by atoms with Crippen LogP contribution in [0.3, 0.4) is 0 Å². The van der Waals surface area contributed by atoms with Crippen LogP contribution in [-0.4, -0.2) is 10.9 Å². The van der Waals surface area contributed by atoms with Crippen LogP contribution >= 0.6 is 0 Å². The first-order chi connectivity index (χ1) is 12.9. The van der Waals surface area contributed by atoms with Crippen molar-refractivity contribution in [2.24, 2.45) is 0 Å². The molecule has 0 unspecified atom stereocenters. The number of hydrogen-bond donors (Lipinski definition) is 1. The Morgan fingerprint density at radius 1 is 0.926 bits per heavy atom. The lowest BCUT2D eigenvalue weighted by atomic mass is 9.86. The van der Waals surface area contributed by atoms with Crippen molar-refractivity contribution in [3.63, 3.8) is 0 Å². The summed E-state index contributed by atoms with van der Waals surface area (Å²) in [5, 5.41) is 3.00. The Labute approximate surface area is 161 Å². The molecule has 0 fully saturated rings. The van der Waals surface area contributed by atoms with E-state index in [1.54, 1.807) is 12.4 Å². The molecule has 0 aliphatic heterocycles. The lowest BCUT2D eigenvalue weighted by Crippen LogP contribution is -2.13. The molecule has 1 N–H and O–H groups in total. The van der Waals surface area contributed by atoms with Gasteiger partial charge in [0.1, 0.15) is 0 Å². The van der Waals surface area contributed by atoms with Crippen LogP contribution in [0.2, 0.25) is 0 Å². The number of hydrogen-bond acceptors (Lipinski definition) is 2. The van der Waals surface area contributed by atoms with Crippen molar-refractivity contribution in [1.29, 1.82) is 0 Å². The number of aryl methyl sites for hydroxylation is 1. The van der Waals surface area contributed by atoms with Crippen molar-refractivity contribution < 1.29 is 4.79 Å². The van der Waals surface area contributed by atoms with E-state index in [1.165, 1.54) is 11.1 Å². The number of pyridine rings is 1. The number of anilines is 1. The highest BCUT2D eigenvalue weighted by atomic mass is 16.1. The zero-order chi connectivity index (χ0) is 19.3. The summed E-state index contributed by atoms with van der Waals surface area (Å²) >= 11 is 0. The molecule has 3 nitrogen and oxygen atoms in total. The standard InChI is InChI=1S/C24H26N2O/c1-24(2,3)21-10-7-18(8-11-21)9-12-23(27)26-22-6-4-5-20(17-22)19-13-15-25-16-14-19/h4-8,10-11,13-17H,9,12H2,1-3H3,(H,26,27). The third kappa shape index (κ3) is 5.27. The molecule has 0 aliphatic carbocycles. The van der Waals surface area contributed by atoms with E-state index in [1.807, 2.05) is 36.4 Å². The monoisotopic (exact) mass is 358 g/mol. The summed E-state index contributed by atoms with van der Waals surface area (Å²) in [7, 11) is 0. The molecule has 1 aromatic heterocycles. The van der Waals surface area contributed by atoms with Crippen molar-refractivity contribution in [2.75, 3.05) is 5.32 Å². The van der Waals surface area contributed by atoms with Gasteiger partial charge >= 0.3 is 0 Å². The molecule has 3 rings (SSSR count). The van der Waals surface area contributed by atoms with E-state index in [2.05, 4.69) is 55.3 Å². The van der Waals surface area contributed by atoms with Gasteiger partial charge in [-0.2, -0.15) is 0 Å². The third-order valence-electron chi connectivity index (χ3n) is 4.62. The van der Waals surface area contributed by atoms with Crippen molar-refractivity contribution in [3.8, 4) is 11.1 Å². The number of rotatable bonds is 5. The highest BCUT2D eigenvalue weighted by Gasteiger charge is 2.13. The van der Waals surface area contributed by atoms with Gasteiger partial charge in [0.15, 0.2) is 0 Å². The van der Waals surface area contributed by atoms with Crippen LogP contribution in [0.4, 0.5) is 5.69 Å². The second-order valence-electron chi connectivity index (χ2n) is 7.81. The number of aromatic nitrogens is 1. The van der Waals surface area contributed by atoms with Crippen LogP contribution in [0, 0.1) is 0 Å². The fraction of sp³-hybridized carbons (Fsp3) is 0.250. The number of carbonyl (C=O) groups is 1. The van der Waals surface area contributed by atoms with E-state index in [4.69, 9.17) is 0 Å². The van der Waals surface area contributed by atoms with Crippen molar-refractivity contribution in [3.05, 3.63) is 84.2 Å². The maximum atomic E-state index is 12.3. The quantitative estimate of drug-likeness (QED) is 0.643. The van der Waals surface area contributed by atoms with Crippen molar-refractivity contribution in [1.82, 2.24) is 4.98 Å². The SMILES string of the molecule is CC(C)(C)c1ccc(CCC(=O)Nc2cccc(-c3ccncc3)c2)cc1. The number of nitrogens with zero attached hydrogens (tertiary/aromatic N) is 1. The normalized spacial score (nSPS) is 11.2. The summed E-state index contributed by atoms with van der Waals surface area (Å²) in [6, 6.07) is 20.4. The fourth-order valence-corrected chi connectivity index (χ4v) is 2.97. The van der Waals surface area contributed by atoms with Crippen LogP contribution in [-0.2, 0) is 16.6 Å². The summed E-state index contributed by atoms with van der Waals surface area (Å²) in [6.45, 7) is 6.61. The van der Waals surface area contributed by atoms with E-state index < -0.39 is 0 Å². The van der Waals surface area contributed by atoms with Crippen LogP contribution in [0.1, 0.15) is 38.3 Å². The molecule has 2 aromatic carbocycles. The molecular weight excluding hydrogens is 332 g/mol. The average Bonchev–Trinajstić information content (AvgIpc) is 2.67. The van der Waals surface area contributed by atoms with Gasteiger partial charge in [0.2, 0.25) is 5.91 Å². The first-order valence-corrected chi connectivity index (χ1v) is 9.31. The lowest BCUT2D eigenvalue weighted by molar-refractivity contribution is -0.116. The molecule has 0 bridgehead atoms. The summed E-state index contributed by atoms with van der Waals surface area (Å²) in [4.78, 5) is 16.4. The maximum absolute atomic E-state index is 12.3. The molecule has 0 radical (unpaired) electrons. The van der Waals surface area contributed by atoms with Crippen LogP contribution < -0.4 is 5.32 Å². The number of nitrogens with one attached hydrogen (secondary N) is 1. The van der Waals surface area contributed by atoms with Gasteiger partial charge in [0.25, 0.3) is 0 Å². The molecular formula is C24H26N2O. The summed E-state index contributed by atoms with van der Waals surface area (Å²) in [5.74, 6) is 0.0294. The smallest absolute Gasteiger partial charge is 0.224 e. The van der Waals surface area contributed by atoms with Gasteiger partial charge in [0, 0.05) is 24.5 Å². The second-order valence-corrected chi connectivity index (χ2v) is 7.81. The van der Waals surface area contributed by atoms with E-state index in [0.29, 0.717) is 6.42 Å². The van der Waals surface area contributed by atoms with Gasteiger partial charge in [-0.15, -0.1) is 0 Å². The van der Waals surface area contributed by atoms with Gasteiger partial charge in [-0.3, -0.25) is 9.78 Å². The minimum Gasteiger partial charge on any atom is -0.326 e. The molecule has 0 atom stereocenters. The number of carbonyl (C=O) groups excluding carboxylic acids is 1. The fourth-order valence-electron chi connectivity index (χ4n) is 2.97. The summed E-state index contributed by atoms with van der Waals surface area (Å²) in [5.41, 5.74) is 5.60. The van der Waals surface area contributed by atoms with E-state index >= 15 is 0 Å². The molecule has 3 heteroatoms. The average molecular weight is 358 g/mol. The largest absolute Gasteiger partial charge is 0.326 e. The Hall–Kier alpha value is -2.94. The molecule has 1 amide bonds. The molecule has 0 spiro atoms. The maximum Gasteiger partial charge on any atom is 0.224 e. The minimum atomic E-state index is 0.0294.